The molecule has 9 nitrogen and oxygen atoms in total. The second-order valence-corrected chi connectivity index (χ2v) is 7.20. The minimum Gasteiger partial charge on any atom is -0.465 e. The summed E-state index contributed by atoms with van der Waals surface area (Å²) in [6.45, 7) is 7.84. The van der Waals surface area contributed by atoms with Crippen LogP contribution in [0.3, 0.4) is 0 Å². The third kappa shape index (κ3) is 4.32. The molecule has 9 heteroatoms. The number of amides is 1. The summed E-state index contributed by atoms with van der Waals surface area (Å²) in [5.74, 6) is -1.32. The number of benzene rings is 1. The van der Waals surface area contributed by atoms with E-state index in [9.17, 15) is 14.4 Å². The Kier molecular flexibility index (Phi) is 6.87. The summed E-state index contributed by atoms with van der Waals surface area (Å²) in [4.78, 5) is 41.3. The number of esters is 2. The van der Waals surface area contributed by atoms with E-state index in [-0.39, 0.29) is 41.9 Å². The first-order chi connectivity index (χ1) is 15.3. The summed E-state index contributed by atoms with van der Waals surface area (Å²) in [5.41, 5.74) is 4.51. The highest BCUT2D eigenvalue weighted by Crippen LogP contribution is 2.21. The molecule has 0 atom stereocenters. The normalized spacial score (nSPS) is 10.8. The van der Waals surface area contributed by atoms with Crippen LogP contribution in [-0.2, 0) is 22.4 Å². The molecule has 0 aliphatic heterocycles. The van der Waals surface area contributed by atoms with Gasteiger partial charge in [-0.25, -0.2) is 19.1 Å². The average molecular weight is 438 g/mol. The predicted octanol–water partition coefficient (Wildman–Crippen LogP) is 2.80. The van der Waals surface area contributed by atoms with Gasteiger partial charge in [0.2, 0.25) is 0 Å². The predicted molar refractivity (Wildman–Crippen MR) is 117 cm³/mol. The molecule has 2 aromatic heterocycles. The minimum atomic E-state index is -0.541. The average Bonchev–Trinajstić information content (AvgIpc) is 3.22. The van der Waals surface area contributed by atoms with E-state index in [0.717, 1.165) is 16.7 Å². The highest BCUT2D eigenvalue weighted by Gasteiger charge is 2.20. The van der Waals surface area contributed by atoms with Gasteiger partial charge in [-0.15, -0.1) is 0 Å². The summed E-state index contributed by atoms with van der Waals surface area (Å²) in [6, 6.07) is 5.13. The van der Waals surface area contributed by atoms with Gasteiger partial charge in [-0.1, -0.05) is 13.0 Å². The first-order valence-corrected chi connectivity index (χ1v) is 10.3. The Balaban J connectivity index is 1.86. The van der Waals surface area contributed by atoms with Crippen LogP contribution in [0.2, 0.25) is 0 Å². The molecule has 3 rings (SSSR count). The van der Waals surface area contributed by atoms with E-state index in [4.69, 9.17) is 9.47 Å². The number of hydrogen-bond donors (Lipinski definition) is 1. The summed E-state index contributed by atoms with van der Waals surface area (Å²) < 4.78 is 11.4. The van der Waals surface area contributed by atoms with E-state index >= 15 is 0 Å². The second kappa shape index (κ2) is 9.59. The maximum Gasteiger partial charge on any atom is 0.343 e. The molecule has 0 fully saturated rings. The van der Waals surface area contributed by atoms with Crippen LogP contribution in [0.5, 0.6) is 0 Å². The van der Waals surface area contributed by atoms with Crippen molar-refractivity contribution in [1.82, 2.24) is 19.9 Å². The Bertz CT molecular complexity index is 1200. The van der Waals surface area contributed by atoms with Crippen LogP contribution in [-0.4, -0.2) is 46.2 Å². The van der Waals surface area contributed by atoms with Gasteiger partial charge in [0.15, 0.2) is 5.65 Å². The van der Waals surface area contributed by atoms with Crippen molar-refractivity contribution in [1.29, 1.82) is 0 Å². The number of aryl methyl sites for hydroxylation is 1. The number of methoxy groups -OCH3 is 1. The standard InChI is InChI=1S/C23H26N4O5/c1-6-16-14(4)17(22(29)31-5)9-8-15(16)11-24-21(28)19-10-13(3)27-20(26-19)18(12-25-27)23(30)32-7-2/h8-10,12H,6-7,11H2,1-5H3,(H,24,28). The molecule has 168 valence electrons. The Hall–Kier alpha value is -3.75. The molecule has 0 unspecified atom stereocenters. The second-order valence-electron chi connectivity index (χ2n) is 7.20. The van der Waals surface area contributed by atoms with Crippen molar-refractivity contribution >= 4 is 23.5 Å². The zero-order valence-electron chi connectivity index (χ0n) is 18.8. The van der Waals surface area contributed by atoms with Crippen LogP contribution in [0.4, 0.5) is 0 Å². The molecule has 0 aliphatic rings. The van der Waals surface area contributed by atoms with Crippen LogP contribution in [0, 0.1) is 13.8 Å². The van der Waals surface area contributed by atoms with Crippen LogP contribution in [0.1, 0.15) is 67.4 Å². The molecule has 0 saturated heterocycles. The largest absolute Gasteiger partial charge is 0.465 e. The molecule has 0 spiro atoms. The molecule has 2 heterocycles. The molecule has 0 saturated carbocycles. The lowest BCUT2D eigenvalue weighted by Crippen LogP contribution is -2.25. The van der Waals surface area contributed by atoms with Crippen LogP contribution < -0.4 is 5.32 Å². The van der Waals surface area contributed by atoms with E-state index in [1.807, 2.05) is 19.9 Å². The van der Waals surface area contributed by atoms with Gasteiger partial charge in [-0.3, -0.25) is 4.79 Å². The van der Waals surface area contributed by atoms with Crippen LogP contribution >= 0.6 is 0 Å². The fourth-order valence-corrected chi connectivity index (χ4v) is 3.65. The van der Waals surface area contributed by atoms with Gasteiger partial charge in [-0.2, -0.15) is 5.10 Å². The zero-order valence-corrected chi connectivity index (χ0v) is 18.8. The topological polar surface area (TPSA) is 112 Å². The van der Waals surface area contributed by atoms with Gasteiger partial charge < -0.3 is 14.8 Å². The van der Waals surface area contributed by atoms with E-state index in [2.05, 4.69) is 15.4 Å². The summed E-state index contributed by atoms with van der Waals surface area (Å²) >= 11 is 0. The number of nitrogens with zero attached hydrogens (tertiary/aromatic N) is 3. The molecular weight excluding hydrogens is 412 g/mol. The summed E-state index contributed by atoms with van der Waals surface area (Å²) in [7, 11) is 1.35. The van der Waals surface area contributed by atoms with Crippen molar-refractivity contribution in [2.75, 3.05) is 13.7 Å². The number of fused-ring (bicyclic) bond motifs is 1. The number of nitrogens with one attached hydrogen (secondary N) is 1. The van der Waals surface area contributed by atoms with Crippen molar-refractivity contribution in [2.45, 2.75) is 40.7 Å². The molecule has 0 bridgehead atoms. The first kappa shape index (κ1) is 22.9. The Labute approximate surface area is 185 Å². The lowest BCUT2D eigenvalue weighted by Gasteiger charge is -2.15. The number of aromatic nitrogens is 3. The quantitative estimate of drug-likeness (QED) is 0.565. The molecule has 32 heavy (non-hydrogen) atoms. The van der Waals surface area contributed by atoms with Crippen molar-refractivity contribution < 1.29 is 23.9 Å². The van der Waals surface area contributed by atoms with Gasteiger partial charge in [0.25, 0.3) is 5.91 Å². The van der Waals surface area contributed by atoms with Gasteiger partial charge in [0.05, 0.1) is 25.5 Å². The highest BCUT2D eigenvalue weighted by atomic mass is 16.5. The maximum absolute atomic E-state index is 12.9. The molecular formula is C23H26N4O5. The lowest BCUT2D eigenvalue weighted by atomic mass is 9.95. The molecule has 0 radical (unpaired) electrons. The fraction of sp³-hybridized carbons (Fsp3) is 0.348. The number of hydrogen-bond acceptors (Lipinski definition) is 7. The van der Waals surface area contributed by atoms with Crippen molar-refractivity contribution in [2.24, 2.45) is 0 Å². The van der Waals surface area contributed by atoms with Crippen LogP contribution in [0.25, 0.3) is 5.65 Å². The smallest absolute Gasteiger partial charge is 0.343 e. The maximum atomic E-state index is 12.9. The van der Waals surface area contributed by atoms with Crippen LogP contribution in [0.15, 0.2) is 24.4 Å². The zero-order chi connectivity index (χ0) is 23.4. The summed E-state index contributed by atoms with van der Waals surface area (Å²) in [6.07, 6.45) is 2.08. The minimum absolute atomic E-state index is 0.169. The Morgan fingerprint density at radius 1 is 1.09 bits per heavy atom. The van der Waals surface area contributed by atoms with E-state index < -0.39 is 5.97 Å². The third-order valence-electron chi connectivity index (χ3n) is 5.27. The molecule has 1 aromatic carbocycles. The number of carbonyl (C=O) groups excluding carboxylic acids is 3. The van der Waals surface area contributed by atoms with Crippen molar-refractivity contribution in [3.8, 4) is 0 Å². The van der Waals surface area contributed by atoms with E-state index in [1.54, 1.807) is 26.0 Å². The first-order valence-electron chi connectivity index (χ1n) is 10.3. The summed E-state index contributed by atoms with van der Waals surface area (Å²) in [5, 5.41) is 7.04. The van der Waals surface area contributed by atoms with Crippen molar-refractivity contribution in [3.63, 3.8) is 0 Å². The number of carbonyl (C=O) groups is 3. The molecule has 0 aliphatic carbocycles. The Morgan fingerprint density at radius 3 is 2.50 bits per heavy atom. The SMILES string of the molecule is CCOC(=O)c1cnn2c(C)cc(C(=O)NCc3ccc(C(=O)OC)c(C)c3CC)nc12. The third-order valence-corrected chi connectivity index (χ3v) is 5.27. The molecule has 3 aromatic rings. The van der Waals surface area contributed by atoms with E-state index in [0.29, 0.717) is 17.7 Å². The van der Waals surface area contributed by atoms with Gasteiger partial charge in [0, 0.05) is 12.2 Å². The number of rotatable bonds is 7. The van der Waals surface area contributed by atoms with Crippen molar-refractivity contribution in [3.05, 3.63) is 63.6 Å². The fourth-order valence-electron chi connectivity index (χ4n) is 3.65. The van der Waals surface area contributed by atoms with Gasteiger partial charge in [0.1, 0.15) is 11.3 Å². The Morgan fingerprint density at radius 2 is 1.84 bits per heavy atom. The van der Waals surface area contributed by atoms with E-state index in [1.165, 1.54) is 17.8 Å². The molecule has 1 N–H and O–H groups in total. The number of ether oxygens (including phenoxy) is 2. The van der Waals surface area contributed by atoms with Gasteiger partial charge in [-0.05, 0) is 56.0 Å². The highest BCUT2D eigenvalue weighted by molar-refractivity contribution is 5.97. The lowest BCUT2D eigenvalue weighted by molar-refractivity contribution is 0.0527. The molecule has 1 amide bonds. The monoisotopic (exact) mass is 438 g/mol. The van der Waals surface area contributed by atoms with Gasteiger partial charge >= 0.3 is 11.9 Å².